The van der Waals surface area contributed by atoms with Crippen molar-refractivity contribution in [1.29, 1.82) is 0 Å². The van der Waals surface area contributed by atoms with Gasteiger partial charge >= 0.3 is 5.69 Å². The van der Waals surface area contributed by atoms with Crippen LogP contribution in [0.5, 0.6) is 0 Å². The summed E-state index contributed by atoms with van der Waals surface area (Å²) in [5, 5.41) is 50.3. The maximum absolute atomic E-state index is 12.7. The van der Waals surface area contributed by atoms with Crippen molar-refractivity contribution in [2.75, 3.05) is 12.0 Å². The Bertz CT molecular complexity index is 756. The number of aromatic nitrogens is 2. The number of aliphatic hydroxyl groups excluding tert-OH is 3. The molecule has 1 aliphatic rings. The van der Waals surface area contributed by atoms with Crippen LogP contribution >= 0.6 is 0 Å². The number of nitro groups is 1. The first kappa shape index (κ1) is 16.4. The summed E-state index contributed by atoms with van der Waals surface area (Å²) in [5.41, 5.74) is -0.330. The van der Waals surface area contributed by atoms with Gasteiger partial charge in [0.2, 0.25) is 5.52 Å². The van der Waals surface area contributed by atoms with Gasteiger partial charge in [-0.15, -0.1) is 0 Å². The predicted octanol–water partition coefficient (Wildman–Crippen LogP) is -0.680. The van der Waals surface area contributed by atoms with Gasteiger partial charge in [-0.2, -0.15) is 0 Å². The molecule has 1 fully saturated rings. The Labute approximate surface area is 132 Å². The van der Waals surface area contributed by atoms with E-state index in [1.54, 1.807) is 0 Å². The molecule has 4 N–H and O–H groups in total. The third-order valence-electron chi connectivity index (χ3n) is 3.79. The van der Waals surface area contributed by atoms with Crippen molar-refractivity contribution in [1.82, 2.24) is 10.3 Å². The number of non-ortho nitro benzene ring substituents is 1. The summed E-state index contributed by atoms with van der Waals surface area (Å²) in [6, 6.07) is 1.18. The fourth-order valence-corrected chi connectivity index (χ4v) is 2.53. The lowest BCUT2D eigenvalue weighted by atomic mass is 9.97. The van der Waals surface area contributed by atoms with Gasteiger partial charge in [0.1, 0.15) is 31.0 Å². The fraction of sp³-hybridized carbons (Fsp3) is 0.500. The van der Waals surface area contributed by atoms with Crippen LogP contribution in [0, 0.1) is 10.1 Å². The lowest BCUT2D eigenvalue weighted by Crippen LogP contribution is -2.60. The van der Waals surface area contributed by atoms with Crippen LogP contribution in [0.1, 0.15) is 0 Å². The standard InChI is InChI=1S/C12H13FN4O7/c13-3-6-10(18)11(19)9(12(20)23-6)14-4-1-2-5(17(21)22)8-7(4)15-24-16-8/h1-2,6,9-12,14,18-20H,3H2/t6?,9-,10+,11?,12?/m1/s1. The number of benzene rings is 1. The van der Waals surface area contributed by atoms with E-state index >= 15 is 0 Å². The number of nitrogens with one attached hydrogen (secondary N) is 1. The van der Waals surface area contributed by atoms with Crippen LogP contribution in [0.15, 0.2) is 16.8 Å². The quantitative estimate of drug-likeness (QED) is 0.412. The lowest BCUT2D eigenvalue weighted by molar-refractivity contribution is -0.383. The van der Waals surface area contributed by atoms with Crippen LogP contribution in [0.4, 0.5) is 15.8 Å². The summed E-state index contributed by atoms with van der Waals surface area (Å²) in [6.07, 6.45) is -6.12. The molecule has 12 heteroatoms. The topological polar surface area (TPSA) is 164 Å². The van der Waals surface area contributed by atoms with E-state index in [2.05, 4.69) is 20.3 Å². The number of ether oxygens (including phenoxy) is 1. The minimum Gasteiger partial charge on any atom is -0.388 e. The lowest BCUT2D eigenvalue weighted by Gasteiger charge is -2.40. The molecule has 2 heterocycles. The van der Waals surface area contributed by atoms with Crippen molar-refractivity contribution < 1.29 is 34.0 Å². The molecule has 1 aromatic carbocycles. The largest absolute Gasteiger partial charge is 0.388 e. The molecule has 1 aliphatic heterocycles. The minimum atomic E-state index is -1.63. The number of fused-ring (bicyclic) bond motifs is 1. The average molecular weight is 344 g/mol. The number of hydrogen-bond acceptors (Lipinski definition) is 10. The molecule has 24 heavy (non-hydrogen) atoms. The molecule has 11 nitrogen and oxygen atoms in total. The second-order valence-corrected chi connectivity index (χ2v) is 5.22. The van der Waals surface area contributed by atoms with Gasteiger partial charge < -0.3 is 25.4 Å². The summed E-state index contributed by atoms with van der Waals surface area (Å²) in [7, 11) is 0. The molecule has 0 bridgehead atoms. The van der Waals surface area contributed by atoms with Gasteiger partial charge in [0, 0.05) is 6.07 Å². The molecule has 1 saturated heterocycles. The highest BCUT2D eigenvalue weighted by atomic mass is 19.1. The Balaban J connectivity index is 1.91. The Morgan fingerprint density at radius 1 is 1.25 bits per heavy atom. The SMILES string of the molecule is O=[N+]([O-])c1ccc(N[C@H]2C(O)OC(CF)[C@H](O)C2O)c2nonc12. The fourth-order valence-electron chi connectivity index (χ4n) is 2.53. The van der Waals surface area contributed by atoms with Gasteiger partial charge in [0.15, 0.2) is 11.8 Å². The van der Waals surface area contributed by atoms with Gasteiger partial charge in [0.25, 0.3) is 0 Å². The highest BCUT2D eigenvalue weighted by molar-refractivity contribution is 5.93. The summed E-state index contributed by atoms with van der Waals surface area (Å²) < 4.78 is 22.1. The molecule has 0 spiro atoms. The zero-order valence-electron chi connectivity index (χ0n) is 11.9. The highest BCUT2D eigenvalue weighted by Gasteiger charge is 2.44. The Morgan fingerprint density at radius 3 is 2.62 bits per heavy atom. The van der Waals surface area contributed by atoms with Crippen LogP contribution in [0.3, 0.4) is 0 Å². The van der Waals surface area contributed by atoms with Gasteiger partial charge in [-0.3, -0.25) is 10.1 Å². The summed E-state index contributed by atoms with van der Waals surface area (Å²) in [6.45, 7) is -1.09. The normalized spacial score (nSPS) is 30.4. The van der Waals surface area contributed by atoms with Crippen molar-refractivity contribution in [3.63, 3.8) is 0 Å². The summed E-state index contributed by atoms with van der Waals surface area (Å²) in [4.78, 5) is 10.3. The molecule has 3 unspecified atom stereocenters. The third kappa shape index (κ3) is 2.65. The van der Waals surface area contributed by atoms with Crippen molar-refractivity contribution in [3.8, 4) is 0 Å². The number of alkyl halides is 1. The van der Waals surface area contributed by atoms with Crippen LogP contribution < -0.4 is 5.32 Å². The van der Waals surface area contributed by atoms with E-state index in [-0.39, 0.29) is 22.4 Å². The first-order valence-corrected chi connectivity index (χ1v) is 6.86. The van der Waals surface area contributed by atoms with Crippen LogP contribution in [0.2, 0.25) is 0 Å². The molecule has 0 radical (unpaired) electrons. The molecule has 0 amide bonds. The molecule has 5 atom stereocenters. The Hall–Kier alpha value is -2.41. The molecular weight excluding hydrogens is 331 g/mol. The highest BCUT2D eigenvalue weighted by Crippen LogP contribution is 2.31. The monoisotopic (exact) mass is 344 g/mol. The van der Waals surface area contributed by atoms with Crippen molar-refractivity contribution in [3.05, 3.63) is 22.2 Å². The second kappa shape index (κ2) is 6.24. The van der Waals surface area contributed by atoms with Gasteiger partial charge in [-0.05, 0) is 16.4 Å². The van der Waals surface area contributed by atoms with Crippen molar-refractivity contribution in [2.24, 2.45) is 0 Å². The number of nitro benzene ring substituents is 1. The van der Waals surface area contributed by atoms with Crippen molar-refractivity contribution >= 4 is 22.4 Å². The number of aliphatic hydroxyl groups is 3. The molecule has 2 aromatic rings. The van der Waals surface area contributed by atoms with Gasteiger partial charge in [-0.25, -0.2) is 9.02 Å². The molecule has 0 saturated carbocycles. The first-order valence-electron chi connectivity index (χ1n) is 6.86. The summed E-state index contributed by atoms with van der Waals surface area (Å²) in [5.74, 6) is 0. The number of hydrogen-bond donors (Lipinski definition) is 4. The number of halogens is 1. The van der Waals surface area contributed by atoms with E-state index in [4.69, 9.17) is 4.74 Å². The second-order valence-electron chi connectivity index (χ2n) is 5.22. The minimum absolute atomic E-state index is 0.00861. The van der Waals surface area contributed by atoms with Crippen LogP contribution in [-0.4, -0.2) is 67.9 Å². The first-order chi connectivity index (χ1) is 11.4. The van der Waals surface area contributed by atoms with E-state index in [9.17, 15) is 29.8 Å². The molecule has 0 aliphatic carbocycles. The maximum Gasteiger partial charge on any atom is 0.300 e. The van der Waals surface area contributed by atoms with E-state index in [1.165, 1.54) is 6.07 Å². The molecular formula is C12H13FN4O7. The summed E-state index contributed by atoms with van der Waals surface area (Å²) >= 11 is 0. The van der Waals surface area contributed by atoms with Crippen LogP contribution in [-0.2, 0) is 4.74 Å². The molecule has 130 valence electrons. The molecule has 3 rings (SSSR count). The zero-order valence-corrected chi connectivity index (χ0v) is 11.9. The smallest absolute Gasteiger partial charge is 0.300 e. The maximum atomic E-state index is 12.7. The van der Waals surface area contributed by atoms with Crippen molar-refractivity contribution in [2.45, 2.75) is 30.6 Å². The number of anilines is 1. The van der Waals surface area contributed by atoms with E-state index in [0.29, 0.717) is 0 Å². The van der Waals surface area contributed by atoms with E-state index in [1.807, 2.05) is 0 Å². The number of rotatable bonds is 4. The van der Waals surface area contributed by atoms with Crippen LogP contribution in [0.25, 0.3) is 11.0 Å². The third-order valence-corrected chi connectivity index (χ3v) is 3.79. The Morgan fingerprint density at radius 2 is 1.96 bits per heavy atom. The zero-order chi connectivity index (χ0) is 17.4. The van der Waals surface area contributed by atoms with Gasteiger partial charge in [-0.1, -0.05) is 0 Å². The Kier molecular flexibility index (Phi) is 4.28. The predicted molar refractivity (Wildman–Crippen MR) is 74.7 cm³/mol. The number of nitrogens with zero attached hydrogens (tertiary/aromatic N) is 3. The van der Waals surface area contributed by atoms with E-state index in [0.717, 1.165) is 6.07 Å². The van der Waals surface area contributed by atoms with E-state index < -0.39 is 42.2 Å². The molecule has 1 aromatic heterocycles. The van der Waals surface area contributed by atoms with Gasteiger partial charge in [0.05, 0.1) is 10.6 Å². The average Bonchev–Trinajstić information content (AvgIpc) is 3.04.